The number of rotatable bonds is 3. The highest BCUT2D eigenvalue weighted by molar-refractivity contribution is 5.94. The van der Waals surface area contributed by atoms with Crippen molar-refractivity contribution in [3.63, 3.8) is 0 Å². The first-order chi connectivity index (χ1) is 14.2. The summed E-state index contributed by atoms with van der Waals surface area (Å²) in [5.41, 5.74) is 2.76. The summed E-state index contributed by atoms with van der Waals surface area (Å²) >= 11 is 0. The maximum Gasteiger partial charge on any atom is 0.271 e. The lowest BCUT2D eigenvalue weighted by atomic mass is 9.94. The summed E-state index contributed by atoms with van der Waals surface area (Å²) in [4.78, 5) is 28.8. The number of carbonyl (C=O) groups is 1. The number of fused-ring (bicyclic) bond motifs is 1. The lowest BCUT2D eigenvalue weighted by molar-refractivity contribution is 0.0950. The molecule has 0 saturated carbocycles. The number of hydrogen-bond donors (Lipinski definition) is 2. The summed E-state index contributed by atoms with van der Waals surface area (Å²) in [5.74, 6) is 0.581. The third-order valence-corrected chi connectivity index (χ3v) is 4.97. The lowest BCUT2D eigenvalue weighted by Gasteiger charge is -2.14. The number of aromatic amines is 1. The number of H-pyrrole nitrogens is 1. The van der Waals surface area contributed by atoms with Gasteiger partial charge in [0.05, 0.1) is 5.56 Å². The maximum absolute atomic E-state index is 13.3. The molecule has 144 valence electrons. The Hall–Kier alpha value is -3.88. The molecule has 0 bridgehead atoms. The zero-order valence-electron chi connectivity index (χ0n) is 15.2. The molecule has 2 N–H and O–H groups in total. The fourth-order valence-corrected chi connectivity index (χ4v) is 3.54. The Labute approximate surface area is 164 Å². The minimum Gasteiger partial charge on any atom is -0.350 e. The number of pyridine rings is 1. The van der Waals surface area contributed by atoms with Gasteiger partial charge in [-0.25, -0.2) is 24.0 Å². The van der Waals surface area contributed by atoms with Crippen LogP contribution in [0.5, 0.6) is 0 Å². The van der Waals surface area contributed by atoms with E-state index in [2.05, 4.69) is 30.4 Å². The molecule has 8 nitrogen and oxygen atoms in total. The Morgan fingerprint density at radius 1 is 1.17 bits per heavy atom. The number of benzene rings is 1. The van der Waals surface area contributed by atoms with Gasteiger partial charge in [0.1, 0.15) is 30.0 Å². The number of imidazole rings is 1. The molecule has 1 amide bonds. The van der Waals surface area contributed by atoms with Gasteiger partial charge in [0.2, 0.25) is 0 Å². The van der Waals surface area contributed by atoms with Gasteiger partial charge in [-0.15, -0.1) is 0 Å². The molecular weight excluding hydrogens is 373 g/mol. The topological polar surface area (TPSA) is 101 Å². The monoisotopic (exact) mass is 389 g/mol. The number of amides is 1. The molecule has 9 heteroatoms. The van der Waals surface area contributed by atoms with Gasteiger partial charge >= 0.3 is 0 Å². The normalized spacial score (nSPS) is 16.2. The third kappa shape index (κ3) is 3.16. The summed E-state index contributed by atoms with van der Waals surface area (Å²) in [6.07, 6.45) is 5.21. The van der Waals surface area contributed by atoms with Crippen LogP contribution in [0.4, 0.5) is 4.39 Å². The van der Waals surface area contributed by atoms with E-state index < -0.39 is 0 Å². The van der Waals surface area contributed by atoms with E-state index in [-0.39, 0.29) is 17.6 Å². The molecule has 0 saturated heterocycles. The molecular formula is C20H16FN7O. The molecule has 29 heavy (non-hydrogen) atoms. The summed E-state index contributed by atoms with van der Waals surface area (Å²) in [6, 6.07) is 10.0. The minimum atomic E-state index is -0.284. The molecule has 1 aliphatic heterocycles. The average molecular weight is 389 g/mol. The van der Waals surface area contributed by atoms with Crippen molar-refractivity contribution in [2.75, 3.05) is 6.54 Å². The minimum absolute atomic E-state index is 0.0118. The van der Waals surface area contributed by atoms with E-state index in [0.29, 0.717) is 35.9 Å². The van der Waals surface area contributed by atoms with E-state index in [1.807, 2.05) is 6.07 Å². The molecule has 1 aromatic carbocycles. The molecule has 4 heterocycles. The van der Waals surface area contributed by atoms with E-state index >= 15 is 0 Å². The molecule has 4 aromatic rings. The van der Waals surface area contributed by atoms with Crippen LogP contribution in [0.1, 0.15) is 27.7 Å². The fraction of sp³-hybridized carbons (Fsp3) is 0.150. The maximum atomic E-state index is 13.3. The van der Waals surface area contributed by atoms with Crippen molar-refractivity contribution in [3.8, 4) is 17.2 Å². The van der Waals surface area contributed by atoms with Crippen LogP contribution in [0, 0.1) is 5.82 Å². The number of nitrogens with one attached hydrogen (secondary N) is 2. The van der Waals surface area contributed by atoms with Crippen LogP contribution in [0.3, 0.4) is 0 Å². The van der Waals surface area contributed by atoms with Crippen molar-refractivity contribution in [2.24, 2.45) is 0 Å². The van der Waals surface area contributed by atoms with Gasteiger partial charge in [0.15, 0.2) is 5.82 Å². The standard InChI is InChI=1S/C20H16FN7O/c21-14-5-3-12(4-6-14)13-8-16-17(20(29)24-9-13)27-18(26-16)15-2-1-7-23-19(15)28-11-22-10-25-28/h1-7,10-11,13H,8-9H2,(H,24,29)(H,26,27)/t13-/m1/s1. The summed E-state index contributed by atoms with van der Waals surface area (Å²) < 4.78 is 14.8. The first kappa shape index (κ1) is 17.2. The van der Waals surface area contributed by atoms with Gasteiger partial charge in [0.25, 0.3) is 5.91 Å². The fourth-order valence-electron chi connectivity index (χ4n) is 3.54. The first-order valence-corrected chi connectivity index (χ1v) is 9.12. The van der Waals surface area contributed by atoms with Gasteiger partial charge < -0.3 is 10.3 Å². The molecule has 0 radical (unpaired) electrons. The lowest BCUT2D eigenvalue weighted by Crippen LogP contribution is -2.26. The van der Waals surface area contributed by atoms with Crippen LogP contribution in [-0.4, -0.2) is 42.2 Å². The highest BCUT2D eigenvalue weighted by atomic mass is 19.1. The van der Waals surface area contributed by atoms with Gasteiger partial charge in [-0.2, -0.15) is 5.10 Å². The van der Waals surface area contributed by atoms with Crippen molar-refractivity contribution in [3.05, 3.63) is 78.0 Å². The second-order valence-corrected chi connectivity index (χ2v) is 6.79. The Balaban J connectivity index is 1.54. The van der Waals surface area contributed by atoms with Crippen molar-refractivity contribution in [1.82, 2.24) is 35.0 Å². The van der Waals surface area contributed by atoms with Gasteiger partial charge in [-0.3, -0.25) is 4.79 Å². The Bertz CT molecular complexity index is 1170. The predicted octanol–water partition coefficient (Wildman–Crippen LogP) is 2.26. The van der Waals surface area contributed by atoms with Crippen LogP contribution in [0.25, 0.3) is 17.2 Å². The number of hydrogen-bond acceptors (Lipinski definition) is 5. The molecule has 0 fully saturated rings. The number of carbonyl (C=O) groups excluding carboxylic acids is 1. The van der Waals surface area contributed by atoms with E-state index in [9.17, 15) is 9.18 Å². The van der Waals surface area contributed by atoms with E-state index in [4.69, 9.17) is 0 Å². The van der Waals surface area contributed by atoms with Crippen molar-refractivity contribution >= 4 is 5.91 Å². The highest BCUT2D eigenvalue weighted by Crippen LogP contribution is 2.28. The Morgan fingerprint density at radius 3 is 2.83 bits per heavy atom. The van der Waals surface area contributed by atoms with Gasteiger partial charge in [0, 0.05) is 24.4 Å². The van der Waals surface area contributed by atoms with Crippen LogP contribution in [-0.2, 0) is 6.42 Å². The van der Waals surface area contributed by atoms with Crippen LogP contribution >= 0.6 is 0 Å². The SMILES string of the molecule is O=C1NC[C@H](c2ccc(F)cc2)Cc2[nH]c(-c3cccnc3-n3cncn3)nc21. The average Bonchev–Trinajstić information content (AvgIpc) is 3.39. The quantitative estimate of drug-likeness (QED) is 0.560. The third-order valence-electron chi connectivity index (χ3n) is 4.97. The van der Waals surface area contributed by atoms with Gasteiger partial charge in [-0.1, -0.05) is 12.1 Å². The number of aromatic nitrogens is 6. The first-order valence-electron chi connectivity index (χ1n) is 9.12. The van der Waals surface area contributed by atoms with Crippen LogP contribution in [0.2, 0.25) is 0 Å². The van der Waals surface area contributed by atoms with Crippen LogP contribution < -0.4 is 5.32 Å². The van der Waals surface area contributed by atoms with E-state index in [1.165, 1.54) is 18.5 Å². The zero-order chi connectivity index (χ0) is 19.8. The summed E-state index contributed by atoms with van der Waals surface area (Å²) in [6.45, 7) is 0.459. The zero-order valence-corrected chi connectivity index (χ0v) is 15.2. The largest absolute Gasteiger partial charge is 0.350 e. The van der Waals surface area contributed by atoms with E-state index in [1.54, 1.807) is 35.4 Å². The number of nitrogens with zero attached hydrogens (tertiary/aromatic N) is 5. The molecule has 1 atom stereocenters. The Morgan fingerprint density at radius 2 is 2.03 bits per heavy atom. The number of halogens is 1. The second kappa shape index (κ2) is 6.93. The smallest absolute Gasteiger partial charge is 0.271 e. The molecule has 0 aliphatic carbocycles. The van der Waals surface area contributed by atoms with Crippen LogP contribution in [0.15, 0.2) is 55.2 Å². The second-order valence-electron chi connectivity index (χ2n) is 6.79. The van der Waals surface area contributed by atoms with Gasteiger partial charge in [-0.05, 0) is 36.2 Å². The molecule has 0 spiro atoms. The van der Waals surface area contributed by atoms with Crippen molar-refractivity contribution < 1.29 is 9.18 Å². The predicted molar refractivity (Wildman–Crippen MR) is 102 cm³/mol. The molecule has 1 aliphatic rings. The highest BCUT2D eigenvalue weighted by Gasteiger charge is 2.27. The van der Waals surface area contributed by atoms with E-state index in [0.717, 1.165) is 11.3 Å². The molecule has 0 unspecified atom stereocenters. The Kier molecular flexibility index (Phi) is 4.12. The molecule has 3 aromatic heterocycles. The summed E-state index contributed by atoms with van der Waals surface area (Å²) in [5, 5.41) is 7.05. The van der Waals surface area contributed by atoms with Crippen molar-refractivity contribution in [1.29, 1.82) is 0 Å². The summed E-state index contributed by atoms with van der Waals surface area (Å²) in [7, 11) is 0. The van der Waals surface area contributed by atoms with Crippen molar-refractivity contribution in [2.45, 2.75) is 12.3 Å². The molecule has 5 rings (SSSR count).